The first-order chi connectivity index (χ1) is 10.4. The Morgan fingerprint density at radius 3 is 2.45 bits per heavy atom. The average Bonchev–Trinajstić information content (AvgIpc) is 2.77. The molecule has 0 radical (unpaired) electrons. The summed E-state index contributed by atoms with van der Waals surface area (Å²) in [6.45, 7) is 1.83. The largest absolute Gasteiger partial charge is 0.316 e. The van der Waals surface area contributed by atoms with Crippen LogP contribution in [0.25, 0.3) is 11.0 Å². The molecule has 2 heterocycles. The van der Waals surface area contributed by atoms with Gasteiger partial charge in [0.2, 0.25) is 0 Å². The number of amides is 1. The van der Waals surface area contributed by atoms with Crippen molar-refractivity contribution < 1.29 is 4.79 Å². The van der Waals surface area contributed by atoms with Crippen LogP contribution in [-0.2, 0) is 7.05 Å². The quantitative estimate of drug-likeness (QED) is 0.598. The van der Waals surface area contributed by atoms with E-state index in [1.54, 1.807) is 29.9 Å². The minimum Gasteiger partial charge on any atom is -0.316 e. The number of anilines is 1. The van der Waals surface area contributed by atoms with E-state index in [-0.39, 0.29) is 5.91 Å². The van der Waals surface area contributed by atoms with E-state index in [0.29, 0.717) is 22.4 Å². The Balaban J connectivity index is 1.97. The molecule has 112 valence electrons. The minimum atomic E-state index is -0.757. The molecule has 0 unspecified atom stereocenters. The van der Waals surface area contributed by atoms with Gasteiger partial charge < -0.3 is 15.3 Å². The Hall–Kier alpha value is -3.16. The zero-order valence-corrected chi connectivity index (χ0v) is 11.9. The van der Waals surface area contributed by atoms with Gasteiger partial charge in [0.05, 0.1) is 16.7 Å². The van der Waals surface area contributed by atoms with Crippen LogP contribution in [0.2, 0.25) is 0 Å². The third-order valence-electron chi connectivity index (χ3n) is 3.23. The number of aromatic amines is 2. The molecule has 22 heavy (non-hydrogen) atoms. The van der Waals surface area contributed by atoms with Gasteiger partial charge in [0, 0.05) is 18.7 Å². The molecule has 0 atom stereocenters. The summed E-state index contributed by atoms with van der Waals surface area (Å²) >= 11 is 0. The molecular formula is C14H13N5O3. The van der Waals surface area contributed by atoms with Gasteiger partial charge in [-0.3, -0.25) is 19.1 Å². The highest BCUT2D eigenvalue weighted by Gasteiger charge is 2.11. The molecule has 0 saturated carbocycles. The summed E-state index contributed by atoms with van der Waals surface area (Å²) in [5.74, 6) is 0.231. The number of aryl methyl sites for hydroxylation is 2. The number of hydrogen-bond acceptors (Lipinski definition) is 4. The van der Waals surface area contributed by atoms with E-state index < -0.39 is 11.1 Å². The number of hydrogen-bond donors (Lipinski definition) is 3. The average molecular weight is 299 g/mol. The van der Waals surface area contributed by atoms with Crippen LogP contribution in [0.15, 0.2) is 33.9 Å². The lowest BCUT2D eigenvalue weighted by Crippen LogP contribution is -2.29. The van der Waals surface area contributed by atoms with Crippen LogP contribution in [0.5, 0.6) is 0 Å². The van der Waals surface area contributed by atoms with Crippen LogP contribution in [-0.4, -0.2) is 25.7 Å². The van der Waals surface area contributed by atoms with E-state index in [9.17, 15) is 14.4 Å². The molecule has 1 aromatic carbocycles. The summed E-state index contributed by atoms with van der Waals surface area (Å²) in [5, 5.41) is 6.88. The SMILES string of the molecule is Cc1cc(NC(=O)c2ccc3[nH]c(=O)c(=O)[nH]c3c2)n(C)n1. The molecule has 8 nitrogen and oxygen atoms in total. The first-order valence-electron chi connectivity index (χ1n) is 6.52. The van der Waals surface area contributed by atoms with Gasteiger partial charge in [-0.25, -0.2) is 0 Å². The molecule has 0 spiro atoms. The molecular weight excluding hydrogens is 286 g/mol. The fourth-order valence-corrected chi connectivity index (χ4v) is 2.17. The van der Waals surface area contributed by atoms with Crippen molar-refractivity contribution in [3.05, 3.63) is 56.2 Å². The lowest BCUT2D eigenvalue weighted by Gasteiger charge is -2.06. The number of benzene rings is 1. The summed E-state index contributed by atoms with van der Waals surface area (Å²) in [7, 11) is 1.73. The third-order valence-corrected chi connectivity index (χ3v) is 3.23. The highest BCUT2D eigenvalue weighted by Crippen LogP contribution is 2.13. The van der Waals surface area contributed by atoms with Crippen molar-refractivity contribution in [3.8, 4) is 0 Å². The number of fused-ring (bicyclic) bond motifs is 1. The van der Waals surface area contributed by atoms with Crippen molar-refractivity contribution in [2.45, 2.75) is 6.92 Å². The van der Waals surface area contributed by atoms with Crippen LogP contribution in [0, 0.1) is 6.92 Å². The van der Waals surface area contributed by atoms with E-state index in [1.807, 2.05) is 6.92 Å². The smallest absolute Gasteiger partial charge is 0.314 e. The maximum absolute atomic E-state index is 12.3. The van der Waals surface area contributed by atoms with Crippen LogP contribution >= 0.6 is 0 Å². The van der Waals surface area contributed by atoms with E-state index in [2.05, 4.69) is 20.4 Å². The molecule has 0 bridgehead atoms. The van der Waals surface area contributed by atoms with Gasteiger partial charge in [-0.2, -0.15) is 5.10 Å². The number of aromatic nitrogens is 4. The lowest BCUT2D eigenvalue weighted by atomic mass is 10.2. The summed E-state index contributed by atoms with van der Waals surface area (Å²) in [6.07, 6.45) is 0. The number of carbonyl (C=O) groups excluding carboxylic acids is 1. The number of nitrogens with one attached hydrogen (secondary N) is 3. The first-order valence-corrected chi connectivity index (χ1v) is 6.52. The fraction of sp³-hybridized carbons (Fsp3) is 0.143. The number of nitrogens with zero attached hydrogens (tertiary/aromatic N) is 2. The van der Waals surface area contributed by atoms with Crippen molar-refractivity contribution in [1.29, 1.82) is 0 Å². The highest BCUT2D eigenvalue weighted by molar-refractivity contribution is 6.05. The molecule has 3 rings (SSSR count). The molecule has 8 heteroatoms. The van der Waals surface area contributed by atoms with Gasteiger partial charge in [0.15, 0.2) is 0 Å². The standard InChI is InChI=1S/C14H13N5O3/c1-7-5-11(19(2)18-7)17-12(20)8-3-4-9-10(6-8)16-14(22)13(21)15-9/h3-6H,1-2H3,(H,15,21)(H,16,22)(H,17,20). The molecule has 0 aliphatic rings. The van der Waals surface area contributed by atoms with Gasteiger partial charge >= 0.3 is 11.1 Å². The second kappa shape index (κ2) is 4.99. The topological polar surface area (TPSA) is 113 Å². The van der Waals surface area contributed by atoms with E-state index in [1.165, 1.54) is 6.07 Å². The summed E-state index contributed by atoms with van der Waals surface area (Å²) in [6, 6.07) is 6.38. The Morgan fingerprint density at radius 2 is 1.82 bits per heavy atom. The maximum atomic E-state index is 12.3. The molecule has 0 aliphatic heterocycles. The lowest BCUT2D eigenvalue weighted by molar-refractivity contribution is 0.102. The third kappa shape index (κ3) is 2.41. The monoisotopic (exact) mass is 299 g/mol. The molecule has 3 aromatic rings. The predicted octanol–water partition coefficient (Wildman–Crippen LogP) is 0.511. The summed E-state index contributed by atoms with van der Waals surface area (Å²) < 4.78 is 1.56. The molecule has 0 aliphatic carbocycles. The van der Waals surface area contributed by atoms with Crippen molar-refractivity contribution in [1.82, 2.24) is 19.7 Å². The summed E-state index contributed by atoms with van der Waals surface area (Å²) in [4.78, 5) is 39.7. The van der Waals surface area contributed by atoms with Crippen molar-refractivity contribution in [2.24, 2.45) is 7.05 Å². The highest BCUT2D eigenvalue weighted by atomic mass is 16.2. The second-order valence-electron chi connectivity index (χ2n) is 4.92. The number of carbonyl (C=O) groups is 1. The molecule has 0 saturated heterocycles. The maximum Gasteiger partial charge on any atom is 0.314 e. The van der Waals surface area contributed by atoms with Crippen LogP contribution in [0.1, 0.15) is 16.1 Å². The minimum absolute atomic E-state index is 0.336. The van der Waals surface area contributed by atoms with E-state index in [0.717, 1.165) is 5.69 Å². The Labute approximate surface area is 123 Å². The van der Waals surface area contributed by atoms with Crippen LogP contribution in [0.4, 0.5) is 5.82 Å². The second-order valence-corrected chi connectivity index (χ2v) is 4.92. The zero-order valence-electron chi connectivity index (χ0n) is 11.9. The molecule has 0 fully saturated rings. The Bertz CT molecular complexity index is 996. The zero-order chi connectivity index (χ0) is 15.9. The summed E-state index contributed by atoms with van der Waals surface area (Å²) in [5.41, 5.74) is 0.505. The Kier molecular flexibility index (Phi) is 3.13. The Morgan fingerprint density at radius 1 is 1.14 bits per heavy atom. The van der Waals surface area contributed by atoms with Gasteiger partial charge in [-0.1, -0.05) is 0 Å². The first kappa shape index (κ1) is 13.8. The van der Waals surface area contributed by atoms with Crippen molar-refractivity contribution in [2.75, 3.05) is 5.32 Å². The van der Waals surface area contributed by atoms with Gasteiger partial charge in [-0.05, 0) is 25.1 Å². The predicted molar refractivity (Wildman–Crippen MR) is 81.1 cm³/mol. The fourth-order valence-electron chi connectivity index (χ4n) is 2.17. The van der Waals surface area contributed by atoms with Crippen LogP contribution < -0.4 is 16.4 Å². The molecule has 1 amide bonds. The normalized spacial score (nSPS) is 10.8. The molecule has 2 aromatic heterocycles. The van der Waals surface area contributed by atoms with Crippen molar-refractivity contribution >= 4 is 22.8 Å². The number of rotatable bonds is 2. The van der Waals surface area contributed by atoms with E-state index >= 15 is 0 Å². The van der Waals surface area contributed by atoms with Crippen LogP contribution in [0.3, 0.4) is 0 Å². The van der Waals surface area contributed by atoms with Gasteiger partial charge in [0.1, 0.15) is 5.82 Å². The van der Waals surface area contributed by atoms with Crippen molar-refractivity contribution in [3.63, 3.8) is 0 Å². The molecule has 3 N–H and O–H groups in total. The van der Waals surface area contributed by atoms with Gasteiger partial charge in [0.25, 0.3) is 5.91 Å². The number of H-pyrrole nitrogens is 2. The van der Waals surface area contributed by atoms with Gasteiger partial charge in [-0.15, -0.1) is 0 Å². The van der Waals surface area contributed by atoms with E-state index in [4.69, 9.17) is 0 Å².